The van der Waals surface area contributed by atoms with Gasteiger partial charge in [0, 0.05) is 36.1 Å². The molecule has 20 heavy (non-hydrogen) atoms. The minimum Gasteiger partial charge on any atom is -0.405 e. The second kappa shape index (κ2) is 5.40. The smallest absolute Gasteiger partial charge is 0.405 e. The molecule has 0 spiro atoms. The first-order valence-electron chi connectivity index (χ1n) is 5.93. The van der Waals surface area contributed by atoms with Crippen LogP contribution in [0.3, 0.4) is 0 Å². The van der Waals surface area contributed by atoms with Crippen molar-refractivity contribution in [1.29, 1.82) is 0 Å². The molecule has 0 aliphatic carbocycles. The molecule has 0 aliphatic heterocycles. The molecule has 2 rings (SSSR count). The van der Waals surface area contributed by atoms with Gasteiger partial charge in [-0.05, 0) is 6.42 Å². The first-order chi connectivity index (χ1) is 9.39. The van der Waals surface area contributed by atoms with E-state index in [2.05, 4.69) is 14.8 Å². The van der Waals surface area contributed by atoms with E-state index in [4.69, 9.17) is 5.73 Å². The summed E-state index contributed by atoms with van der Waals surface area (Å²) in [5, 5.41) is 4.06. The molecule has 2 N–H and O–H groups in total. The van der Waals surface area contributed by atoms with Crippen LogP contribution in [0.2, 0.25) is 0 Å². The highest BCUT2D eigenvalue weighted by Crippen LogP contribution is 2.34. The van der Waals surface area contributed by atoms with Crippen LogP contribution in [0.5, 0.6) is 5.75 Å². The van der Waals surface area contributed by atoms with Crippen LogP contribution in [0, 0.1) is 0 Å². The molecule has 2 aromatic rings. The molecule has 0 fully saturated rings. The molecule has 108 valence electrons. The van der Waals surface area contributed by atoms with Crippen molar-refractivity contribution in [2.45, 2.75) is 26.3 Å². The van der Waals surface area contributed by atoms with E-state index in [1.54, 1.807) is 10.9 Å². The first kappa shape index (κ1) is 14.2. The highest BCUT2D eigenvalue weighted by molar-refractivity contribution is 5.70. The molecule has 5 nitrogen and oxygen atoms in total. The highest BCUT2D eigenvalue weighted by atomic mass is 19.4. The standard InChI is InChI=1S/C12H13F3N4O/c1-2-3-19-7-8(5-18-19)9-6-17-11(16)4-10(9)20-12(13,14)15/h4-7H,2-3H2,1H3,(H2,16,17). The number of anilines is 1. The summed E-state index contributed by atoms with van der Waals surface area (Å²) in [7, 11) is 0. The number of aromatic nitrogens is 3. The van der Waals surface area contributed by atoms with Gasteiger partial charge >= 0.3 is 6.36 Å². The zero-order valence-corrected chi connectivity index (χ0v) is 10.7. The van der Waals surface area contributed by atoms with Gasteiger partial charge in [-0.3, -0.25) is 4.68 Å². The van der Waals surface area contributed by atoms with Crippen molar-refractivity contribution in [3.63, 3.8) is 0 Å². The first-order valence-corrected chi connectivity index (χ1v) is 5.93. The number of nitrogen functional groups attached to an aromatic ring is 1. The van der Waals surface area contributed by atoms with Crippen molar-refractivity contribution in [1.82, 2.24) is 14.8 Å². The molecule has 0 bridgehead atoms. The lowest BCUT2D eigenvalue weighted by Gasteiger charge is -2.12. The molecule has 0 unspecified atom stereocenters. The minimum absolute atomic E-state index is 0.0473. The number of nitrogens with two attached hydrogens (primary N) is 1. The maximum Gasteiger partial charge on any atom is 0.573 e. The molecule has 2 heterocycles. The molecule has 0 radical (unpaired) electrons. The fourth-order valence-electron chi connectivity index (χ4n) is 1.73. The number of halogens is 3. The third-order valence-electron chi connectivity index (χ3n) is 2.51. The number of alkyl halides is 3. The van der Waals surface area contributed by atoms with Gasteiger partial charge in [-0.2, -0.15) is 5.10 Å². The van der Waals surface area contributed by atoms with Crippen LogP contribution in [0.4, 0.5) is 19.0 Å². The predicted molar refractivity (Wildman–Crippen MR) is 66.8 cm³/mol. The summed E-state index contributed by atoms with van der Waals surface area (Å²) in [5.41, 5.74) is 6.08. The molecule has 0 saturated heterocycles. The third-order valence-corrected chi connectivity index (χ3v) is 2.51. The number of ether oxygens (including phenoxy) is 1. The van der Waals surface area contributed by atoms with Crippen molar-refractivity contribution in [3.8, 4) is 16.9 Å². The van der Waals surface area contributed by atoms with Gasteiger partial charge in [-0.15, -0.1) is 13.2 Å². The largest absolute Gasteiger partial charge is 0.573 e. The van der Waals surface area contributed by atoms with Crippen LogP contribution >= 0.6 is 0 Å². The molecular formula is C12H13F3N4O. The summed E-state index contributed by atoms with van der Waals surface area (Å²) in [6.07, 6.45) is 0.421. The van der Waals surface area contributed by atoms with E-state index in [0.29, 0.717) is 12.1 Å². The van der Waals surface area contributed by atoms with E-state index in [0.717, 1.165) is 12.5 Å². The molecule has 8 heteroatoms. The Balaban J connectivity index is 2.39. The summed E-state index contributed by atoms with van der Waals surface area (Å²) in [4.78, 5) is 3.79. The zero-order chi connectivity index (χ0) is 14.8. The van der Waals surface area contributed by atoms with E-state index in [9.17, 15) is 13.2 Å². The number of hydrogen-bond acceptors (Lipinski definition) is 4. The average Bonchev–Trinajstić information content (AvgIpc) is 2.76. The zero-order valence-electron chi connectivity index (χ0n) is 10.7. The Bertz CT molecular complexity index is 595. The molecular weight excluding hydrogens is 273 g/mol. The number of hydrogen-bond donors (Lipinski definition) is 1. The summed E-state index contributed by atoms with van der Waals surface area (Å²) < 4.78 is 42.8. The molecule has 0 atom stereocenters. The Labute approximate surface area is 113 Å². The van der Waals surface area contributed by atoms with E-state index in [1.807, 2.05) is 6.92 Å². The van der Waals surface area contributed by atoms with E-state index in [1.165, 1.54) is 12.4 Å². The Morgan fingerprint density at radius 1 is 1.35 bits per heavy atom. The maximum absolute atomic E-state index is 12.4. The third kappa shape index (κ3) is 3.40. The van der Waals surface area contributed by atoms with Gasteiger partial charge in [0.25, 0.3) is 0 Å². The van der Waals surface area contributed by atoms with Crippen molar-refractivity contribution in [2.75, 3.05) is 5.73 Å². The number of pyridine rings is 1. The van der Waals surface area contributed by atoms with Crippen molar-refractivity contribution in [3.05, 3.63) is 24.7 Å². The number of rotatable bonds is 4. The van der Waals surface area contributed by atoms with Gasteiger partial charge < -0.3 is 10.5 Å². The Kier molecular flexibility index (Phi) is 3.82. The lowest BCUT2D eigenvalue weighted by atomic mass is 10.1. The van der Waals surface area contributed by atoms with E-state index < -0.39 is 6.36 Å². The minimum atomic E-state index is -4.79. The monoisotopic (exact) mass is 286 g/mol. The second-order valence-corrected chi connectivity index (χ2v) is 4.15. The van der Waals surface area contributed by atoms with Crippen LogP contribution in [-0.2, 0) is 6.54 Å². The quantitative estimate of drug-likeness (QED) is 0.938. The van der Waals surface area contributed by atoms with Crippen LogP contribution < -0.4 is 10.5 Å². The molecule has 0 aliphatic rings. The Morgan fingerprint density at radius 3 is 2.75 bits per heavy atom. The topological polar surface area (TPSA) is 66.0 Å². The molecule has 0 aromatic carbocycles. The molecule has 0 saturated carbocycles. The Hall–Kier alpha value is -2.25. The number of nitrogens with zero attached hydrogens (tertiary/aromatic N) is 3. The normalized spacial score (nSPS) is 11.6. The van der Waals surface area contributed by atoms with Gasteiger partial charge in [-0.1, -0.05) is 6.92 Å². The maximum atomic E-state index is 12.4. The van der Waals surface area contributed by atoms with Gasteiger partial charge in [0.15, 0.2) is 0 Å². The number of aryl methyl sites for hydroxylation is 1. The van der Waals surface area contributed by atoms with E-state index >= 15 is 0 Å². The van der Waals surface area contributed by atoms with Crippen molar-refractivity contribution in [2.24, 2.45) is 0 Å². The van der Waals surface area contributed by atoms with Gasteiger partial charge in [0.05, 0.1) is 6.20 Å². The van der Waals surface area contributed by atoms with Gasteiger partial charge in [0.2, 0.25) is 0 Å². The Morgan fingerprint density at radius 2 is 2.10 bits per heavy atom. The summed E-state index contributed by atoms with van der Waals surface area (Å²) in [6.45, 7) is 2.65. The highest BCUT2D eigenvalue weighted by Gasteiger charge is 2.32. The molecule has 2 aromatic heterocycles. The average molecular weight is 286 g/mol. The SMILES string of the molecule is CCCn1cc(-c2cnc(N)cc2OC(F)(F)F)cn1. The lowest BCUT2D eigenvalue weighted by Crippen LogP contribution is -2.18. The lowest BCUT2D eigenvalue weighted by molar-refractivity contribution is -0.274. The molecule has 0 amide bonds. The summed E-state index contributed by atoms with van der Waals surface area (Å²) in [5.74, 6) is -0.435. The van der Waals surface area contributed by atoms with Gasteiger partial charge in [0.1, 0.15) is 11.6 Å². The predicted octanol–water partition coefficient (Wildman–Crippen LogP) is 2.84. The summed E-state index contributed by atoms with van der Waals surface area (Å²) in [6, 6.07) is 1.04. The van der Waals surface area contributed by atoms with Crippen LogP contribution in [-0.4, -0.2) is 21.1 Å². The second-order valence-electron chi connectivity index (χ2n) is 4.15. The fourth-order valence-corrected chi connectivity index (χ4v) is 1.73. The van der Waals surface area contributed by atoms with Crippen LogP contribution in [0.15, 0.2) is 24.7 Å². The fraction of sp³-hybridized carbons (Fsp3) is 0.333. The van der Waals surface area contributed by atoms with Crippen LogP contribution in [0.25, 0.3) is 11.1 Å². The van der Waals surface area contributed by atoms with Crippen molar-refractivity contribution >= 4 is 5.82 Å². The van der Waals surface area contributed by atoms with E-state index in [-0.39, 0.29) is 17.1 Å². The summed E-state index contributed by atoms with van der Waals surface area (Å²) >= 11 is 0. The van der Waals surface area contributed by atoms with Crippen molar-refractivity contribution < 1.29 is 17.9 Å². The van der Waals surface area contributed by atoms with Gasteiger partial charge in [-0.25, -0.2) is 4.98 Å². The van der Waals surface area contributed by atoms with Crippen LogP contribution in [0.1, 0.15) is 13.3 Å².